The second-order valence-electron chi connectivity index (χ2n) is 5.32. The molecule has 1 saturated heterocycles. The van der Waals surface area contributed by atoms with Gasteiger partial charge in [0.05, 0.1) is 5.02 Å². The van der Waals surface area contributed by atoms with Crippen molar-refractivity contribution in [3.63, 3.8) is 0 Å². The maximum Gasteiger partial charge on any atom is 0.142 e. The van der Waals surface area contributed by atoms with E-state index in [4.69, 9.17) is 17.3 Å². The smallest absolute Gasteiger partial charge is 0.142 e. The number of halogens is 2. The highest BCUT2D eigenvalue weighted by Gasteiger charge is 2.33. The van der Waals surface area contributed by atoms with Crippen molar-refractivity contribution >= 4 is 11.6 Å². The van der Waals surface area contributed by atoms with Gasteiger partial charge >= 0.3 is 0 Å². The van der Waals surface area contributed by atoms with E-state index in [2.05, 4.69) is 11.9 Å². The Balaban J connectivity index is 2.45. The molecule has 0 spiro atoms. The number of hydrogen-bond donors (Lipinski definition) is 1. The van der Waals surface area contributed by atoms with Gasteiger partial charge in [0.1, 0.15) is 5.82 Å². The fraction of sp³-hybridized carbons (Fsp3) is 0.571. The summed E-state index contributed by atoms with van der Waals surface area (Å²) in [7, 11) is 2.05. The average Bonchev–Trinajstić information content (AvgIpc) is 2.69. The number of nitrogens with two attached hydrogens (primary N) is 1. The van der Waals surface area contributed by atoms with Crippen LogP contribution in [0.1, 0.15) is 29.2 Å². The number of nitrogens with zero attached hydrogens (tertiary/aromatic N) is 1. The molecule has 2 N–H and O–H groups in total. The minimum Gasteiger partial charge on any atom is -0.330 e. The fourth-order valence-electron chi connectivity index (χ4n) is 2.88. The van der Waals surface area contributed by atoms with Gasteiger partial charge in [-0.15, -0.1) is 0 Å². The minimum absolute atomic E-state index is 0.181. The van der Waals surface area contributed by atoms with Crippen LogP contribution >= 0.6 is 11.6 Å². The number of likely N-dealkylation sites (tertiary alicyclic amines) is 1. The monoisotopic (exact) mass is 270 g/mol. The van der Waals surface area contributed by atoms with Gasteiger partial charge in [-0.1, -0.05) is 11.6 Å². The summed E-state index contributed by atoms with van der Waals surface area (Å²) >= 11 is 6.17. The van der Waals surface area contributed by atoms with Crippen molar-refractivity contribution in [2.75, 3.05) is 20.1 Å². The van der Waals surface area contributed by atoms with Crippen LogP contribution in [0.2, 0.25) is 5.02 Å². The van der Waals surface area contributed by atoms with Crippen molar-refractivity contribution < 1.29 is 4.39 Å². The first-order valence-corrected chi connectivity index (χ1v) is 6.68. The summed E-state index contributed by atoms with van der Waals surface area (Å²) in [5, 5.41) is 0.271. The number of benzene rings is 1. The summed E-state index contributed by atoms with van der Waals surface area (Å²) in [6.45, 7) is 5.56. The van der Waals surface area contributed by atoms with Gasteiger partial charge in [0.2, 0.25) is 0 Å². The van der Waals surface area contributed by atoms with Crippen LogP contribution in [0.15, 0.2) is 6.07 Å². The predicted octanol–water partition coefficient (Wildman–Crippen LogP) is 3.05. The topological polar surface area (TPSA) is 29.3 Å². The summed E-state index contributed by atoms with van der Waals surface area (Å²) in [6.07, 6.45) is 0.955. The predicted molar refractivity (Wildman–Crippen MR) is 73.4 cm³/mol. The Kier molecular flexibility index (Phi) is 3.95. The quantitative estimate of drug-likeness (QED) is 0.895. The second-order valence-corrected chi connectivity index (χ2v) is 5.70. The maximum atomic E-state index is 13.8. The summed E-state index contributed by atoms with van der Waals surface area (Å²) in [6, 6.07) is 1.69. The first kappa shape index (κ1) is 13.8. The van der Waals surface area contributed by atoms with E-state index in [0.29, 0.717) is 12.5 Å². The molecule has 1 aromatic carbocycles. The zero-order chi connectivity index (χ0) is 13.4. The molecule has 0 radical (unpaired) electrons. The van der Waals surface area contributed by atoms with E-state index in [1.54, 1.807) is 0 Å². The third-order valence-electron chi connectivity index (χ3n) is 4.09. The Morgan fingerprint density at radius 2 is 2.17 bits per heavy atom. The van der Waals surface area contributed by atoms with Crippen molar-refractivity contribution in [1.29, 1.82) is 0 Å². The molecule has 100 valence electrons. The van der Waals surface area contributed by atoms with Gasteiger partial charge in [0.15, 0.2) is 0 Å². The molecule has 0 aromatic heterocycles. The van der Waals surface area contributed by atoms with Gasteiger partial charge in [-0.05, 0) is 62.5 Å². The summed E-state index contributed by atoms with van der Waals surface area (Å²) < 4.78 is 13.8. The van der Waals surface area contributed by atoms with E-state index in [-0.39, 0.29) is 16.9 Å². The van der Waals surface area contributed by atoms with E-state index in [1.807, 2.05) is 13.8 Å². The number of rotatable bonds is 2. The molecule has 1 heterocycles. The number of aryl methyl sites for hydroxylation is 1. The lowest BCUT2D eigenvalue weighted by Gasteiger charge is -2.24. The molecular formula is C14H20ClFN2. The fourth-order valence-corrected chi connectivity index (χ4v) is 3.20. The minimum atomic E-state index is -0.320. The van der Waals surface area contributed by atoms with E-state index in [0.717, 1.165) is 29.7 Å². The van der Waals surface area contributed by atoms with Crippen molar-refractivity contribution in [3.8, 4) is 0 Å². The molecule has 1 aromatic rings. The molecule has 2 rings (SSSR count). The van der Waals surface area contributed by atoms with Crippen LogP contribution in [0.25, 0.3) is 0 Å². The zero-order valence-corrected chi connectivity index (χ0v) is 11.9. The first-order valence-electron chi connectivity index (χ1n) is 6.31. The molecule has 0 saturated carbocycles. The SMILES string of the molecule is Cc1cc(F)c(Cl)c(C2CC(CN)CN2C)c1C. The Morgan fingerprint density at radius 3 is 2.72 bits per heavy atom. The molecule has 1 fully saturated rings. The van der Waals surface area contributed by atoms with Gasteiger partial charge < -0.3 is 5.73 Å². The van der Waals surface area contributed by atoms with Crippen LogP contribution in [0.4, 0.5) is 4.39 Å². The second kappa shape index (κ2) is 5.16. The van der Waals surface area contributed by atoms with Crippen molar-refractivity contribution in [2.24, 2.45) is 11.7 Å². The lowest BCUT2D eigenvalue weighted by Crippen LogP contribution is -2.21. The Labute approximate surface area is 113 Å². The highest BCUT2D eigenvalue weighted by Crippen LogP contribution is 2.40. The number of hydrogen-bond acceptors (Lipinski definition) is 2. The van der Waals surface area contributed by atoms with E-state index in [1.165, 1.54) is 6.07 Å². The van der Waals surface area contributed by atoms with Gasteiger partial charge in [-0.3, -0.25) is 4.90 Å². The first-order chi connectivity index (χ1) is 8.45. The average molecular weight is 271 g/mol. The molecule has 18 heavy (non-hydrogen) atoms. The third-order valence-corrected chi connectivity index (χ3v) is 4.47. The third kappa shape index (κ3) is 2.27. The normalized spacial score (nSPS) is 24.8. The van der Waals surface area contributed by atoms with E-state index >= 15 is 0 Å². The van der Waals surface area contributed by atoms with Crippen LogP contribution in [0, 0.1) is 25.6 Å². The van der Waals surface area contributed by atoms with E-state index in [9.17, 15) is 4.39 Å². The standard InChI is InChI=1S/C14H20ClFN2/c1-8-4-11(16)14(15)13(9(8)2)12-5-10(6-17)7-18(12)3/h4,10,12H,5-7,17H2,1-3H3. The van der Waals surface area contributed by atoms with Crippen molar-refractivity contribution in [3.05, 3.63) is 33.6 Å². The molecule has 0 bridgehead atoms. The molecule has 2 unspecified atom stereocenters. The van der Waals surface area contributed by atoms with Gasteiger partial charge in [-0.25, -0.2) is 4.39 Å². The van der Waals surface area contributed by atoms with E-state index < -0.39 is 0 Å². The van der Waals surface area contributed by atoms with Crippen LogP contribution in [0.3, 0.4) is 0 Å². The lowest BCUT2D eigenvalue weighted by atomic mass is 9.93. The Hall–Kier alpha value is -0.640. The van der Waals surface area contributed by atoms with Crippen LogP contribution in [0.5, 0.6) is 0 Å². The molecule has 0 aliphatic carbocycles. The molecule has 2 atom stereocenters. The highest BCUT2D eigenvalue weighted by molar-refractivity contribution is 6.31. The molecular weight excluding hydrogens is 251 g/mol. The summed E-state index contributed by atoms with van der Waals surface area (Å²) in [5.74, 6) is 0.151. The van der Waals surface area contributed by atoms with Crippen molar-refractivity contribution in [1.82, 2.24) is 4.90 Å². The van der Waals surface area contributed by atoms with Crippen LogP contribution in [-0.2, 0) is 0 Å². The Bertz CT molecular complexity index is 435. The van der Waals surface area contributed by atoms with Crippen LogP contribution < -0.4 is 5.73 Å². The molecule has 0 amide bonds. The summed E-state index contributed by atoms with van der Waals surface area (Å²) in [5.41, 5.74) is 8.72. The maximum absolute atomic E-state index is 13.8. The van der Waals surface area contributed by atoms with Gasteiger partial charge in [-0.2, -0.15) is 0 Å². The molecule has 4 heteroatoms. The molecule has 1 aliphatic rings. The lowest BCUT2D eigenvalue weighted by molar-refractivity contribution is 0.312. The largest absolute Gasteiger partial charge is 0.330 e. The van der Waals surface area contributed by atoms with Gasteiger partial charge in [0, 0.05) is 12.6 Å². The summed E-state index contributed by atoms with van der Waals surface area (Å²) in [4.78, 5) is 2.23. The molecule has 1 aliphatic heterocycles. The zero-order valence-electron chi connectivity index (χ0n) is 11.1. The van der Waals surface area contributed by atoms with Crippen LogP contribution in [-0.4, -0.2) is 25.0 Å². The Morgan fingerprint density at radius 1 is 1.50 bits per heavy atom. The van der Waals surface area contributed by atoms with Crippen molar-refractivity contribution in [2.45, 2.75) is 26.3 Å². The molecule has 2 nitrogen and oxygen atoms in total. The highest BCUT2D eigenvalue weighted by atomic mass is 35.5. The van der Waals surface area contributed by atoms with Gasteiger partial charge in [0.25, 0.3) is 0 Å².